The van der Waals surface area contributed by atoms with Gasteiger partial charge < -0.3 is 5.21 Å². The third kappa shape index (κ3) is 0.720. The van der Waals surface area contributed by atoms with Gasteiger partial charge in [0.05, 0.1) is 5.56 Å². The standard InChI is InChI=1S/C7H4N4O/c8-4-5-2-1-3-6-7(5)9-10-11(6)12/h1-3,12H. The molecular formula is C7H4N4O. The Labute approximate surface area is 67.4 Å². The third-order valence-electron chi connectivity index (χ3n) is 1.58. The molecule has 0 spiro atoms. The highest BCUT2D eigenvalue weighted by Gasteiger charge is 2.06. The minimum Gasteiger partial charge on any atom is -0.410 e. The molecule has 1 aromatic carbocycles. The Morgan fingerprint density at radius 1 is 1.50 bits per heavy atom. The van der Waals surface area contributed by atoms with Gasteiger partial charge in [-0.25, -0.2) is 0 Å². The number of fused-ring (bicyclic) bond motifs is 1. The van der Waals surface area contributed by atoms with Crippen molar-refractivity contribution in [2.45, 2.75) is 0 Å². The third-order valence-corrected chi connectivity index (χ3v) is 1.58. The van der Waals surface area contributed by atoms with Crippen molar-refractivity contribution in [1.82, 2.24) is 15.2 Å². The average Bonchev–Trinajstić information content (AvgIpc) is 2.48. The average molecular weight is 160 g/mol. The number of benzene rings is 1. The number of hydrogen-bond acceptors (Lipinski definition) is 4. The second-order valence-electron chi connectivity index (χ2n) is 2.26. The molecule has 0 aliphatic carbocycles. The first kappa shape index (κ1) is 6.61. The zero-order valence-corrected chi connectivity index (χ0v) is 5.97. The molecule has 12 heavy (non-hydrogen) atoms. The summed E-state index contributed by atoms with van der Waals surface area (Å²) >= 11 is 0. The van der Waals surface area contributed by atoms with Crippen molar-refractivity contribution in [2.75, 3.05) is 0 Å². The summed E-state index contributed by atoms with van der Waals surface area (Å²) in [6.07, 6.45) is 0. The molecule has 1 heterocycles. The largest absolute Gasteiger partial charge is 0.410 e. The van der Waals surface area contributed by atoms with Crippen LogP contribution in [0.4, 0.5) is 0 Å². The Bertz CT molecular complexity index is 468. The van der Waals surface area contributed by atoms with E-state index in [1.54, 1.807) is 18.2 Å². The molecule has 5 heteroatoms. The van der Waals surface area contributed by atoms with E-state index < -0.39 is 0 Å². The van der Waals surface area contributed by atoms with Gasteiger partial charge in [0, 0.05) is 0 Å². The lowest BCUT2D eigenvalue weighted by atomic mass is 10.2. The van der Waals surface area contributed by atoms with Crippen molar-refractivity contribution in [3.8, 4) is 6.07 Å². The van der Waals surface area contributed by atoms with Crippen LogP contribution in [-0.4, -0.2) is 20.4 Å². The summed E-state index contributed by atoms with van der Waals surface area (Å²) in [5.41, 5.74) is 1.27. The van der Waals surface area contributed by atoms with E-state index in [1.807, 2.05) is 6.07 Å². The van der Waals surface area contributed by atoms with Crippen LogP contribution < -0.4 is 0 Å². The SMILES string of the molecule is N#Cc1cccc2c1nnn2O. The van der Waals surface area contributed by atoms with Crippen molar-refractivity contribution in [3.05, 3.63) is 23.8 Å². The zero-order valence-electron chi connectivity index (χ0n) is 5.97. The highest BCUT2D eigenvalue weighted by molar-refractivity contribution is 5.80. The number of aromatic nitrogens is 3. The molecule has 0 unspecified atom stereocenters. The van der Waals surface area contributed by atoms with Crippen LogP contribution in [0.1, 0.15) is 5.56 Å². The summed E-state index contributed by atoms with van der Waals surface area (Å²) in [5, 5.41) is 24.7. The molecule has 0 aliphatic rings. The predicted molar refractivity (Wildman–Crippen MR) is 39.4 cm³/mol. The van der Waals surface area contributed by atoms with Crippen LogP contribution in [-0.2, 0) is 0 Å². The lowest BCUT2D eigenvalue weighted by molar-refractivity contribution is 0.155. The van der Waals surface area contributed by atoms with E-state index in [9.17, 15) is 0 Å². The Morgan fingerprint density at radius 3 is 3.08 bits per heavy atom. The van der Waals surface area contributed by atoms with Gasteiger partial charge >= 0.3 is 0 Å². The van der Waals surface area contributed by atoms with Crippen molar-refractivity contribution in [3.63, 3.8) is 0 Å². The minimum absolute atomic E-state index is 0.410. The van der Waals surface area contributed by atoms with Crippen molar-refractivity contribution >= 4 is 11.0 Å². The van der Waals surface area contributed by atoms with Gasteiger partial charge in [-0.15, -0.1) is 5.10 Å². The summed E-state index contributed by atoms with van der Waals surface area (Å²) in [6.45, 7) is 0. The number of nitrogens with zero attached hydrogens (tertiary/aromatic N) is 4. The van der Waals surface area contributed by atoms with Gasteiger partial charge in [0.25, 0.3) is 0 Å². The number of nitriles is 1. The molecule has 0 saturated heterocycles. The van der Waals surface area contributed by atoms with Crippen LogP contribution in [0, 0.1) is 11.3 Å². The van der Waals surface area contributed by atoms with Crippen molar-refractivity contribution in [2.24, 2.45) is 0 Å². The highest BCUT2D eigenvalue weighted by Crippen LogP contribution is 2.13. The van der Waals surface area contributed by atoms with E-state index in [-0.39, 0.29) is 0 Å². The topological polar surface area (TPSA) is 74.7 Å². The van der Waals surface area contributed by atoms with Crippen LogP contribution in [0.2, 0.25) is 0 Å². The highest BCUT2D eigenvalue weighted by atomic mass is 16.5. The van der Waals surface area contributed by atoms with Gasteiger partial charge in [0.1, 0.15) is 17.1 Å². The summed E-state index contributed by atoms with van der Waals surface area (Å²) in [7, 11) is 0. The molecule has 0 saturated carbocycles. The second-order valence-corrected chi connectivity index (χ2v) is 2.26. The Kier molecular flexibility index (Phi) is 1.21. The molecular weight excluding hydrogens is 156 g/mol. The monoisotopic (exact) mass is 160 g/mol. The fourth-order valence-corrected chi connectivity index (χ4v) is 1.02. The molecule has 1 aromatic heterocycles. The van der Waals surface area contributed by atoms with Crippen LogP contribution >= 0.6 is 0 Å². The maximum Gasteiger partial charge on any atom is 0.134 e. The predicted octanol–water partition coefficient (Wildman–Crippen LogP) is 0.540. The molecule has 1 N–H and O–H groups in total. The normalized spacial score (nSPS) is 9.92. The van der Waals surface area contributed by atoms with Crippen molar-refractivity contribution < 1.29 is 5.21 Å². The first-order valence-corrected chi connectivity index (χ1v) is 3.26. The van der Waals surface area contributed by atoms with E-state index in [4.69, 9.17) is 10.5 Å². The smallest absolute Gasteiger partial charge is 0.134 e. The summed E-state index contributed by atoms with van der Waals surface area (Å²) in [6, 6.07) is 6.88. The Balaban J connectivity index is 2.92. The second kappa shape index (κ2) is 2.20. The van der Waals surface area contributed by atoms with Gasteiger partial charge in [-0.3, -0.25) is 0 Å². The quantitative estimate of drug-likeness (QED) is 0.570. The maximum atomic E-state index is 9.06. The van der Waals surface area contributed by atoms with Crippen LogP contribution in [0.5, 0.6) is 0 Å². The van der Waals surface area contributed by atoms with Gasteiger partial charge in [-0.2, -0.15) is 5.26 Å². The summed E-state index contributed by atoms with van der Waals surface area (Å²) in [5.74, 6) is 0. The molecule has 0 bridgehead atoms. The molecule has 0 radical (unpaired) electrons. The van der Waals surface area contributed by atoms with Gasteiger partial charge in [-0.1, -0.05) is 10.9 Å². The summed E-state index contributed by atoms with van der Waals surface area (Å²) in [4.78, 5) is 0.649. The van der Waals surface area contributed by atoms with E-state index in [1.165, 1.54) is 0 Å². The van der Waals surface area contributed by atoms with E-state index in [0.717, 1.165) is 0 Å². The maximum absolute atomic E-state index is 9.06. The fourth-order valence-electron chi connectivity index (χ4n) is 1.02. The lowest BCUT2D eigenvalue weighted by Gasteiger charge is -1.89. The van der Waals surface area contributed by atoms with Gasteiger partial charge in [0.15, 0.2) is 0 Å². The van der Waals surface area contributed by atoms with Crippen LogP contribution in [0.15, 0.2) is 18.2 Å². The molecule has 2 rings (SSSR count). The van der Waals surface area contributed by atoms with Gasteiger partial charge in [-0.05, 0) is 17.3 Å². The Hall–Kier alpha value is -2.09. The number of rotatable bonds is 0. The molecule has 0 aliphatic heterocycles. The molecule has 5 nitrogen and oxygen atoms in total. The lowest BCUT2D eigenvalue weighted by Crippen LogP contribution is -1.90. The van der Waals surface area contributed by atoms with Crippen LogP contribution in [0.3, 0.4) is 0 Å². The van der Waals surface area contributed by atoms with E-state index in [2.05, 4.69) is 10.3 Å². The fraction of sp³-hybridized carbons (Fsp3) is 0. The Morgan fingerprint density at radius 2 is 2.33 bits per heavy atom. The number of hydrogen-bond donors (Lipinski definition) is 1. The molecule has 2 aromatic rings. The molecule has 0 fully saturated rings. The van der Waals surface area contributed by atoms with Crippen LogP contribution in [0.25, 0.3) is 11.0 Å². The first-order valence-electron chi connectivity index (χ1n) is 3.26. The molecule has 58 valence electrons. The molecule has 0 atom stereocenters. The van der Waals surface area contributed by atoms with Gasteiger partial charge in [0.2, 0.25) is 0 Å². The van der Waals surface area contributed by atoms with E-state index >= 15 is 0 Å². The first-order chi connectivity index (χ1) is 5.83. The zero-order chi connectivity index (χ0) is 8.55. The van der Waals surface area contributed by atoms with Crippen molar-refractivity contribution in [1.29, 1.82) is 5.26 Å². The summed E-state index contributed by atoms with van der Waals surface area (Å²) < 4.78 is 0. The molecule has 0 amide bonds. The van der Waals surface area contributed by atoms with E-state index in [0.29, 0.717) is 21.4 Å². The minimum atomic E-state index is 0.410.